The van der Waals surface area contributed by atoms with Crippen molar-refractivity contribution in [2.75, 3.05) is 18.4 Å². The van der Waals surface area contributed by atoms with Crippen molar-refractivity contribution in [1.82, 2.24) is 14.5 Å². The molecule has 0 spiro atoms. The second-order valence-electron chi connectivity index (χ2n) is 7.55. The van der Waals surface area contributed by atoms with E-state index in [-0.39, 0.29) is 10.9 Å². The maximum atomic E-state index is 12.8. The van der Waals surface area contributed by atoms with Crippen LogP contribution in [0.4, 0.5) is 6.01 Å². The fraction of sp³-hybridized carbons (Fsp3) is 0.348. The lowest BCUT2D eigenvalue weighted by molar-refractivity contribution is 0.102. The topological polar surface area (TPSA) is 105 Å². The average molecular weight is 457 g/mol. The Balaban J connectivity index is 1.66. The molecular weight excluding hydrogens is 428 g/mol. The number of hydrogen-bond donors (Lipinski definition) is 1. The minimum absolute atomic E-state index is 0.00845. The normalized spacial score (nSPS) is 11.6. The maximum Gasteiger partial charge on any atom is 0.322 e. The van der Waals surface area contributed by atoms with Crippen molar-refractivity contribution in [1.29, 1.82) is 0 Å². The summed E-state index contributed by atoms with van der Waals surface area (Å²) < 4.78 is 32.7. The van der Waals surface area contributed by atoms with E-state index in [1.165, 1.54) is 28.6 Å². The van der Waals surface area contributed by atoms with E-state index in [9.17, 15) is 13.2 Å². The van der Waals surface area contributed by atoms with Gasteiger partial charge in [0.05, 0.1) is 11.3 Å². The van der Waals surface area contributed by atoms with E-state index in [0.717, 1.165) is 24.0 Å². The van der Waals surface area contributed by atoms with Gasteiger partial charge in [0.2, 0.25) is 15.9 Å². The van der Waals surface area contributed by atoms with Crippen LogP contribution in [0.1, 0.15) is 54.1 Å². The Labute approximate surface area is 188 Å². The van der Waals surface area contributed by atoms with Crippen LogP contribution in [-0.2, 0) is 16.4 Å². The molecule has 2 aromatic carbocycles. The molecule has 0 radical (unpaired) electrons. The number of nitrogens with one attached hydrogen (secondary N) is 1. The predicted molar refractivity (Wildman–Crippen MR) is 122 cm³/mol. The van der Waals surface area contributed by atoms with Crippen molar-refractivity contribution >= 4 is 21.9 Å². The highest BCUT2D eigenvalue weighted by molar-refractivity contribution is 7.89. The number of benzene rings is 2. The smallest absolute Gasteiger partial charge is 0.322 e. The number of aryl methyl sites for hydroxylation is 1. The van der Waals surface area contributed by atoms with Gasteiger partial charge >= 0.3 is 6.01 Å². The van der Waals surface area contributed by atoms with Crippen molar-refractivity contribution in [3.63, 3.8) is 0 Å². The molecule has 0 saturated heterocycles. The molecule has 1 heterocycles. The standard InChI is InChI=1S/C23H28N4O4S/c1-4-14-27(15-5-2)32(29,30)20-12-10-19(11-13-20)22(28)24-23-26-25-21(31-23)16-18-8-6-17(3)7-9-18/h6-13H,4-5,14-16H2,1-3H3,(H,24,26,28). The summed E-state index contributed by atoms with van der Waals surface area (Å²) in [6, 6.07) is 13.8. The number of hydrogen-bond acceptors (Lipinski definition) is 6. The summed E-state index contributed by atoms with van der Waals surface area (Å²) in [5.41, 5.74) is 2.48. The minimum Gasteiger partial charge on any atom is -0.407 e. The Morgan fingerprint density at radius 2 is 1.59 bits per heavy atom. The Bertz CT molecular complexity index is 1130. The van der Waals surface area contributed by atoms with Crippen LogP contribution in [0.5, 0.6) is 0 Å². The van der Waals surface area contributed by atoms with Gasteiger partial charge in [-0.05, 0) is 49.6 Å². The molecule has 0 atom stereocenters. The Kier molecular flexibility index (Phi) is 7.76. The number of carbonyl (C=O) groups is 1. The van der Waals surface area contributed by atoms with Crippen LogP contribution in [0.2, 0.25) is 0 Å². The average Bonchev–Trinajstić information content (AvgIpc) is 3.22. The van der Waals surface area contributed by atoms with Crippen molar-refractivity contribution < 1.29 is 17.6 Å². The van der Waals surface area contributed by atoms with E-state index in [4.69, 9.17) is 4.42 Å². The summed E-state index contributed by atoms with van der Waals surface area (Å²) in [6.07, 6.45) is 1.92. The lowest BCUT2D eigenvalue weighted by Gasteiger charge is -2.21. The van der Waals surface area contributed by atoms with Gasteiger partial charge in [0, 0.05) is 18.7 Å². The number of amides is 1. The molecule has 0 bridgehead atoms. The molecule has 0 fully saturated rings. The lowest BCUT2D eigenvalue weighted by atomic mass is 10.1. The van der Waals surface area contributed by atoms with Gasteiger partial charge < -0.3 is 4.42 Å². The number of carbonyl (C=O) groups excluding carboxylic acids is 1. The molecule has 0 unspecified atom stereocenters. The fourth-order valence-corrected chi connectivity index (χ4v) is 4.83. The maximum absolute atomic E-state index is 12.8. The first kappa shape index (κ1) is 23.6. The van der Waals surface area contributed by atoms with E-state index < -0.39 is 15.9 Å². The van der Waals surface area contributed by atoms with Gasteiger partial charge in [0.1, 0.15) is 0 Å². The number of rotatable bonds is 10. The summed E-state index contributed by atoms with van der Waals surface area (Å²) in [6.45, 7) is 6.81. The van der Waals surface area contributed by atoms with Crippen molar-refractivity contribution in [3.05, 3.63) is 71.1 Å². The van der Waals surface area contributed by atoms with Crippen LogP contribution in [0, 0.1) is 6.92 Å². The van der Waals surface area contributed by atoms with E-state index in [0.29, 0.717) is 31.0 Å². The summed E-state index contributed by atoms with van der Waals surface area (Å²) in [5, 5.41) is 10.4. The Hall–Kier alpha value is -3.04. The molecule has 0 aliphatic rings. The Morgan fingerprint density at radius 1 is 0.969 bits per heavy atom. The molecule has 0 aliphatic carbocycles. The first-order chi connectivity index (χ1) is 15.3. The number of aromatic nitrogens is 2. The molecule has 170 valence electrons. The molecule has 1 amide bonds. The molecule has 9 heteroatoms. The second-order valence-corrected chi connectivity index (χ2v) is 9.48. The van der Waals surface area contributed by atoms with Crippen LogP contribution in [0.15, 0.2) is 57.8 Å². The first-order valence-corrected chi connectivity index (χ1v) is 12.1. The Morgan fingerprint density at radius 3 is 2.19 bits per heavy atom. The first-order valence-electron chi connectivity index (χ1n) is 10.6. The monoisotopic (exact) mass is 456 g/mol. The minimum atomic E-state index is -3.60. The van der Waals surface area contributed by atoms with Gasteiger partial charge in [-0.3, -0.25) is 10.1 Å². The zero-order chi connectivity index (χ0) is 23.1. The fourth-order valence-electron chi connectivity index (χ4n) is 3.20. The summed E-state index contributed by atoms with van der Waals surface area (Å²) >= 11 is 0. The van der Waals surface area contributed by atoms with Crippen LogP contribution in [0.25, 0.3) is 0 Å². The summed E-state index contributed by atoms with van der Waals surface area (Å²) in [7, 11) is -3.60. The van der Waals surface area contributed by atoms with Crippen molar-refractivity contribution in [2.45, 2.75) is 44.9 Å². The molecular formula is C23H28N4O4S. The molecule has 0 saturated carbocycles. The van der Waals surface area contributed by atoms with Gasteiger partial charge in [-0.25, -0.2) is 8.42 Å². The van der Waals surface area contributed by atoms with Gasteiger partial charge in [-0.1, -0.05) is 48.8 Å². The molecule has 1 N–H and O–H groups in total. The van der Waals surface area contributed by atoms with Gasteiger partial charge in [0.15, 0.2) is 0 Å². The quantitative estimate of drug-likeness (QED) is 0.494. The number of sulfonamides is 1. The van der Waals surface area contributed by atoms with Crippen LogP contribution >= 0.6 is 0 Å². The lowest BCUT2D eigenvalue weighted by Crippen LogP contribution is -2.32. The van der Waals surface area contributed by atoms with E-state index >= 15 is 0 Å². The van der Waals surface area contributed by atoms with Crippen LogP contribution in [-0.4, -0.2) is 41.9 Å². The number of nitrogens with zero attached hydrogens (tertiary/aromatic N) is 3. The van der Waals surface area contributed by atoms with Gasteiger partial charge in [-0.2, -0.15) is 4.31 Å². The molecule has 3 aromatic rings. The SMILES string of the molecule is CCCN(CCC)S(=O)(=O)c1ccc(C(=O)Nc2nnc(Cc3ccc(C)cc3)o2)cc1. The summed E-state index contributed by atoms with van der Waals surface area (Å²) in [5.74, 6) is -0.0732. The third-order valence-corrected chi connectivity index (χ3v) is 6.78. The van der Waals surface area contributed by atoms with Crippen LogP contribution in [0.3, 0.4) is 0 Å². The molecule has 8 nitrogen and oxygen atoms in total. The predicted octanol–water partition coefficient (Wildman–Crippen LogP) is 4.03. The molecule has 1 aromatic heterocycles. The van der Waals surface area contributed by atoms with E-state index in [2.05, 4.69) is 15.5 Å². The molecule has 3 rings (SSSR count). The molecule has 32 heavy (non-hydrogen) atoms. The molecule has 0 aliphatic heterocycles. The van der Waals surface area contributed by atoms with Gasteiger partial charge in [0.25, 0.3) is 5.91 Å². The second kappa shape index (κ2) is 10.5. The van der Waals surface area contributed by atoms with Crippen molar-refractivity contribution in [2.24, 2.45) is 0 Å². The van der Waals surface area contributed by atoms with Crippen LogP contribution < -0.4 is 5.32 Å². The van der Waals surface area contributed by atoms with E-state index in [1.54, 1.807) is 0 Å². The van der Waals surface area contributed by atoms with Gasteiger partial charge in [-0.15, -0.1) is 5.10 Å². The highest BCUT2D eigenvalue weighted by Crippen LogP contribution is 2.18. The summed E-state index contributed by atoms with van der Waals surface area (Å²) in [4.78, 5) is 12.7. The zero-order valence-corrected chi connectivity index (χ0v) is 19.4. The van der Waals surface area contributed by atoms with E-state index in [1.807, 2.05) is 45.0 Å². The number of anilines is 1. The highest BCUT2D eigenvalue weighted by Gasteiger charge is 2.23. The highest BCUT2D eigenvalue weighted by atomic mass is 32.2. The largest absolute Gasteiger partial charge is 0.407 e. The third kappa shape index (κ3) is 5.80. The third-order valence-electron chi connectivity index (χ3n) is 4.86. The zero-order valence-electron chi connectivity index (χ0n) is 18.5. The van der Waals surface area contributed by atoms with Crippen molar-refractivity contribution in [3.8, 4) is 0 Å².